The maximum Gasteiger partial charge on any atom is 0.325 e. The van der Waals surface area contributed by atoms with Gasteiger partial charge in [0.15, 0.2) is 0 Å². The van der Waals surface area contributed by atoms with Crippen LogP contribution in [-0.2, 0) is 14.3 Å². The molecule has 1 rings (SSSR count). The van der Waals surface area contributed by atoms with Crippen LogP contribution in [0, 0.1) is 11.6 Å². The first-order valence-corrected chi connectivity index (χ1v) is 6.31. The highest BCUT2D eigenvalue weighted by atomic mass is 19.1. The largest absolute Gasteiger partial charge is 0.459 e. The molecule has 0 aliphatic rings. The molecule has 0 bridgehead atoms. The van der Waals surface area contributed by atoms with Crippen molar-refractivity contribution in [1.29, 1.82) is 0 Å². The Hall–Kier alpha value is -2.24. The van der Waals surface area contributed by atoms with Crippen LogP contribution in [0.2, 0.25) is 0 Å². The van der Waals surface area contributed by atoms with Crippen LogP contribution < -0.4 is 5.32 Å². The van der Waals surface area contributed by atoms with Crippen LogP contribution in [0.15, 0.2) is 24.3 Å². The summed E-state index contributed by atoms with van der Waals surface area (Å²) in [5, 5.41) is 2.27. The molecule has 4 nitrogen and oxygen atoms in total. The average molecular weight is 297 g/mol. The quantitative estimate of drug-likeness (QED) is 0.686. The number of hydrogen-bond donors (Lipinski definition) is 1. The second kappa shape index (κ2) is 6.97. The first-order valence-electron chi connectivity index (χ1n) is 6.31. The second-order valence-electron chi connectivity index (χ2n) is 5.27. The number of carbonyl (C=O) groups is 2. The lowest BCUT2D eigenvalue weighted by molar-refractivity contribution is -0.154. The van der Waals surface area contributed by atoms with E-state index in [1.807, 2.05) is 0 Å². The van der Waals surface area contributed by atoms with Crippen LogP contribution in [0.5, 0.6) is 0 Å². The van der Waals surface area contributed by atoms with Gasteiger partial charge in [0, 0.05) is 11.6 Å². The molecule has 21 heavy (non-hydrogen) atoms. The third kappa shape index (κ3) is 6.16. The summed E-state index contributed by atoms with van der Waals surface area (Å²) in [6.45, 7) is 4.79. The molecule has 0 aliphatic carbocycles. The summed E-state index contributed by atoms with van der Waals surface area (Å²) in [4.78, 5) is 22.8. The minimum atomic E-state index is -0.772. The fourth-order valence-corrected chi connectivity index (χ4v) is 1.42. The lowest BCUT2D eigenvalue weighted by Crippen LogP contribution is -2.33. The third-order valence-electron chi connectivity index (χ3n) is 2.23. The molecule has 114 valence electrons. The number of benzene rings is 1. The molecule has 0 fully saturated rings. The van der Waals surface area contributed by atoms with Crippen molar-refractivity contribution in [3.63, 3.8) is 0 Å². The summed E-state index contributed by atoms with van der Waals surface area (Å²) in [7, 11) is 0. The molecule has 0 aromatic heterocycles. The van der Waals surface area contributed by atoms with Gasteiger partial charge in [-0.2, -0.15) is 0 Å². The molecule has 1 N–H and O–H groups in total. The Bertz CT molecular complexity index is 542. The minimum absolute atomic E-state index is 0.315. The first-order chi connectivity index (χ1) is 9.69. The standard InChI is InChI=1S/C15H17F2NO3/c1-15(2,3)21-14(20)9-18-13(19)8-7-10-11(16)5-4-6-12(10)17/h4-8H,9H2,1-3H3,(H,18,19). The van der Waals surface area contributed by atoms with Gasteiger partial charge in [-0.05, 0) is 39.0 Å². The molecule has 0 spiro atoms. The van der Waals surface area contributed by atoms with E-state index >= 15 is 0 Å². The Labute approximate surface area is 121 Å². The van der Waals surface area contributed by atoms with Crippen molar-refractivity contribution in [3.05, 3.63) is 41.5 Å². The highest BCUT2D eigenvalue weighted by Gasteiger charge is 2.16. The number of ether oxygens (including phenoxy) is 1. The number of rotatable bonds is 4. The van der Waals surface area contributed by atoms with E-state index in [1.165, 1.54) is 6.07 Å². The highest BCUT2D eigenvalue weighted by molar-refractivity contribution is 5.93. The maximum atomic E-state index is 13.3. The molecule has 1 amide bonds. The molecule has 6 heteroatoms. The van der Waals surface area contributed by atoms with Gasteiger partial charge in [0.1, 0.15) is 23.8 Å². The van der Waals surface area contributed by atoms with Crippen molar-refractivity contribution < 1.29 is 23.1 Å². The normalized spacial score (nSPS) is 11.5. The van der Waals surface area contributed by atoms with E-state index in [9.17, 15) is 18.4 Å². The number of amides is 1. The Morgan fingerprint density at radius 1 is 1.24 bits per heavy atom. The van der Waals surface area contributed by atoms with Gasteiger partial charge in [0.25, 0.3) is 0 Å². The summed E-state index contributed by atoms with van der Waals surface area (Å²) in [5.74, 6) is -2.79. The SMILES string of the molecule is CC(C)(C)OC(=O)CNC(=O)C=Cc1c(F)cccc1F. The van der Waals surface area contributed by atoms with Crippen LogP contribution in [0.4, 0.5) is 8.78 Å². The molecule has 0 saturated carbocycles. The molecule has 0 radical (unpaired) electrons. The Balaban J connectivity index is 2.55. The van der Waals surface area contributed by atoms with E-state index in [2.05, 4.69) is 5.32 Å². The zero-order valence-electron chi connectivity index (χ0n) is 12.1. The topological polar surface area (TPSA) is 55.4 Å². The minimum Gasteiger partial charge on any atom is -0.459 e. The predicted molar refractivity (Wildman–Crippen MR) is 74.2 cm³/mol. The maximum absolute atomic E-state index is 13.3. The van der Waals surface area contributed by atoms with E-state index in [0.717, 1.165) is 24.3 Å². The van der Waals surface area contributed by atoms with Gasteiger partial charge >= 0.3 is 5.97 Å². The van der Waals surface area contributed by atoms with Gasteiger partial charge in [0.05, 0.1) is 0 Å². The van der Waals surface area contributed by atoms with Crippen molar-refractivity contribution in [2.75, 3.05) is 6.54 Å². The number of hydrogen-bond acceptors (Lipinski definition) is 3. The van der Waals surface area contributed by atoms with Crippen LogP contribution in [0.25, 0.3) is 6.08 Å². The van der Waals surface area contributed by atoms with Crippen LogP contribution >= 0.6 is 0 Å². The Morgan fingerprint density at radius 2 is 1.81 bits per heavy atom. The van der Waals surface area contributed by atoms with Gasteiger partial charge < -0.3 is 10.1 Å². The Morgan fingerprint density at radius 3 is 2.33 bits per heavy atom. The summed E-state index contributed by atoms with van der Waals surface area (Å²) in [6.07, 6.45) is 1.96. The van der Waals surface area contributed by atoms with Gasteiger partial charge in [-0.25, -0.2) is 8.78 Å². The van der Waals surface area contributed by atoms with E-state index in [0.29, 0.717) is 0 Å². The first kappa shape index (κ1) is 16.8. The monoisotopic (exact) mass is 297 g/mol. The summed E-state index contributed by atoms with van der Waals surface area (Å²) in [6, 6.07) is 3.40. The van der Waals surface area contributed by atoms with Gasteiger partial charge in [-0.3, -0.25) is 9.59 Å². The summed E-state index contributed by atoms with van der Waals surface area (Å²) >= 11 is 0. The molecule has 0 aliphatic heterocycles. The van der Waals surface area contributed by atoms with Crippen molar-refractivity contribution >= 4 is 18.0 Å². The highest BCUT2D eigenvalue weighted by Crippen LogP contribution is 2.13. The fourth-order valence-electron chi connectivity index (χ4n) is 1.42. The van der Waals surface area contributed by atoms with Crippen LogP contribution in [-0.4, -0.2) is 24.0 Å². The second-order valence-corrected chi connectivity index (χ2v) is 5.27. The third-order valence-corrected chi connectivity index (χ3v) is 2.23. The molecule has 0 saturated heterocycles. The number of carbonyl (C=O) groups excluding carboxylic acids is 2. The van der Waals surface area contributed by atoms with Crippen molar-refractivity contribution in [2.24, 2.45) is 0 Å². The zero-order valence-corrected chi connectivity index (χ0v) is 12.1. The van der Waals surface area contributed by atoms with Crippen LogP contribution in [0.3, 0.4) is 0 Å². The van der Waals surface area contributed by atoms with E-state index < -0.39 is 29.1 Å². The fraction of sp³-hybridized carbons (Fsp3) is 0.333. The van der Waals surface area contributed by atoms with E-state index in [1.54, 1.807) is 20.8 Å². The average Bonchev–Trinajstić information content (AvgIpc) is 2.33. The number of halogens is 2. The van der Waals surface area contributed by atoms with Crippen LogP contribution in [0.1, 0.15) is 26.3 Å². The molecular formula is C15H17F2NO3. The smallest absolute Gasteiger partial charge is 0.325 e. The van der Waals surface area contributed by atoms with Gasteiger partial charge in [-0.15, -0.1) is 0 Å². The lowest BCUT2D eigenvalue weighted by atomic mass is 10.2. The van der Waals surface area contributed by atoms with E-state index in [4.69, 9.17) is 4.74 Å². The van der Waals surface area contributed by atoms with E-state index in [-0.39, 0.29) is 12.1 Å². The summed E-state index contributed by atoms with van der Waals surface area (Å²) in [5.41, 5.74) is -0.960. The zero-order chi connectivity index (χ0) is 16.0. The molecule has 1 aromatic rings. The lowest BCUT2D eigenvalue weighted by Gasteiger charge is -2.19. The molecule has 0 heterocycles. The molecule has 0 atom stereocenters. The predicted octanol–water partition coefficient (Wildman–Crippen LogP) is 2.44. The van der Waals surface area contributed by atoms with Crippen molar-refractivity contribution in [1.82, 2.24) is 5.32 Å². The molecule has 1 aromatic carbocycles. The van der Waals surface area contributed by atoms with Crippen molar-refractivity contribution in [3.8, 4) is 0 Å². The molecular weight excluding hydrogens is 280 g/mol. The number of nitrogens with one attached hydrogen (secondary N) is 1. The summed E-state index contributed by atoms with van der Waals surface area (Å²) < 4.78 is 31.6. The molecule has 0 unspecified atom stereocenters. The van der Waals surface area contributed by atoms with Gasteiger partial charge in [0.2, 0.25) is 5.91 Å². The van der Waals surface area contributed by atoms with Crippen molar-refractivity contribution in [2.45, 2.75) is 26.4 Å². The van der Waals surface area contributed by atoms with Gasteiger partial charge in [-0.1, -0.05) is 6.07 Å². The number of esters is 1. The Kier molecular flexibility index (Phi) is 5.58.